The second-order valence-corrected chi connectivity index (χ2v) is 6.41. The lowest BCUT2D eigenvalue weighted by molar-refractivity contribution is -0.0124. The third kappa shape index (κ3) is 5.21. The lowest BCUT2D eigenvalue weighted by atomic mass is 9.76. The van der Waals surface area contributed by atoms with Gasteiger partial charge in [0.05, 0.1) is 12.2 Å². The molecule has 1 N–H and O–H groups in total. The Morgan fingerprint density at radius 3 is 2.35 bits per heavy atom. The highest BCUT2D eigenvalue weighted by molar-refractivity contribution is 5.18. The predicted octanol–water partition coefficient (Wildman–Crippen LogP) is 4.72. The van der Waals surface area contributed by atoms with Gasteiger partial charge < -0.3 is 9.84 Å². The van der Waals surface area contributed by atoms with Gasteiger partial charge in [-0.1, -0.05) is 59.5 Å². The fourth-order valence-corrected chi connectivity index (χ4v) is 2.99. The van der Waals surface area contributed by atoms with Crippen LogP contribution in [0.15, 0.2) is 11.6 Å². The molecule has 0 bridgehead atoms. The molecule has 0 aromatic rings. The van der Waals surface area contributed by atoms with Crippen molar-refractivity contribution in [2.24, 2.45) is 11.8 Å². The second-order valence-electron chi connectivity index (χ2n) is 6.41. The van der Waals surface area contributed by atoms with Crippen LogP contribution < -0.4 is 0 Å². The van der Waals surface area contributed by atoms with Crippen molar-refractivity contribution in [3.63, 3.8) is 0 Å². The fourth-order valence-electron chi connectivity index (χ4n) is 2.99. The van der Waals surface area contributed by atoms with Crippen LogP contribution in [0.1, 0.15) is 72.6 Å². The summed E-state index contributed by atoms with van der Waals surface area (Å²) >= 11 is 0. The quantitative estimate of drug-likeness (QED) is 0.490. The predicted molar refractivity (Wildman–Crippen MR) is 85.8 cm³/mol. The Labute approximate surface area is 125 Å². The highest BCUT2D eigenvalue weighted by Crippen LogP contribution is 2.34. The molecule has 1 rings (SSSR count). The third-order valence-electron chi connectivity index (χ3n) is 4.71. The first-order valence-electron chi connectivity index (χ1n) is 8.62. The first-order chi connectivity index (χ1) is 9.61. The molecule has 0 aliphatic heterocycles. The summed E-state index contributed by atoms with van der Waals surface area (Å²) in [7, 11) is 0. The van der Waals surface area contributed by atoms with Gasteiger partial charge >= 0.3 is 0 Å². The molecule has 0 spiro atoms. The Morgan fingerprint density at radius 2 is 1.70 bits per heavy atom. The van der Waals surface area contributed by atoms with Gasteiger partial charge in [-0.3, -0.25) is 0 Å². The van der Waals surface area contributed by atoms with E-state index in [2.05, 4.69) is 33.8 Å². The summed E-state index contributed by atoms with van der Waals surface area (Å²) in [5, 5.41) is 10.1. The first-order valence-corrected chi connectivity index (χ1v) is 8.62. The molecule has 4 atom stereocenters. The number of unbranched alkanes of at least 4 members (excludes halogenated alkanes) is 4. The Bertz CT molecular complexity index is 285. The monoisotopic (exact) mass is 282 g/mol. The lowest BCUT2D eigenvalue weighted by Gasteiger charge is -2.37. The van der Waals surface area contributed by atoms with Gasteiger partial charge in [-0.05, 0) is 36.7 Å². The third-order valence-corrected chi connectivity index (χ3v) is 4.71. The number of rotatable bonds is 9. The average molecular weight is 282 g/mol. The summed E-state index contributed by atoms with van der Waals surface area (Å²) in [5.41, 5.74) is 1.33. The topological polar surface area (TPSA) is 29.5 Å². The highest BCUT2D eigenvalue weighted by Gasteiger charge is 2.34. The largest absolute Gasteiger partial charge is 0.389 e. The van der Waals surface area contributed by atoms with Crippen LogP contribution in [0.25, 0.3) is 0 Å². The second kappa shape index (κ2) is 9.57. The van der Waals surface area contributed by atoms with E-state index in [0.717, 1.165) is 19.4 Å². The minimum atomic E-state index is -0.295. The maximum Gasteiger partial charge on any atom is 0.0815 e. The Balaban J connectivity index is 2.54. The molecule has 0 saturated heterocycles. The summed E-state index contributed by atoms with van der Waals surface area (Å²) in [4.78, 5) is 0. The molecule has 0 aromatic heterocycles. The molecule has 2 nitrogen and oxygen atoms in total. The van der Waals surface area contributed by atoms with Gasteiger partial charge in [0.1, 0.15) is 0 Å². The van der Waals surface area contributed by atoms with E-state index in [9.17, 15) is 5.11 Å². The molecule has 118 valence electrons. The van der Waals surface area contributed by atoms with Crippen LogP contribution in [0.5, 0.6) is 0 Å². The summed E-state index contributed by atoms with van der Waals surface area (Å²) in [6.07, 6.45) is 10.5. The summed E-state index contributed by atoms with van der Waals surface area (Å²) in [6, 6.07) is 0. The van der Waals surface area contributed by atoms with Crippen molar-refractivity contribution in [1.29, 1.82) is 0 Å². The van der Waals surface area contributed by atoms with Crippen molar-refractivity contribution in [3.05, 3.63) is 11.6 Å². The van der Waals surface area contributed by atoms with Crippen molar-refractivity contribution in [2.75, 3.05) is 6.61 Å². The van der Waals surface area contributed by atoms with Crippen molar-refractivity contribution < 1.29 is 9.84 Å². The number of aliphatic hydroxyl groups excluding tert-OH is 1. The van der Waals surface area contributed by atoms with Gasteiger partial charge in [-0.2, -0.15) is 0 Å². The van der Waals surface area contributed by atoms with Gasteiger partial charge in [-0.25, -0.2) is 0 Å². The number of hydrogen-bond donors (Lipinski definition) is 1. The summed E-state index contributed by atoms with van der Waals surface area (Å²) < 4.78 is 6.19. The molecule has 0 radical (unpaired) electrons. The lowest BCUT2D eigenvalue weighted by Crippen LogP contribution is -2.39. The molecule has 0 aromatic carbocycles. The van der Waals surface area contributed by atoms with E-state index in [1.54, 1.807) is 0 Å². The van der Waals surface area contributed by atoms with Crippen LogP contribution in [-0.2, 0) is 4.74 Å². The maximum atomic E-state index is 10.1. The molecule has 0 saturated carbocycles. The zero-order valence-corrected chi connectivity index (χ0v) is 13.9. The van der Waals surface area contributed by atoms with Crippen molar-refractivity contribution in [1.82, 2.24) is 0 Å². The molecular weight excluding hydrogens is 248 g/mol. The van der Waals surface area contributed by atoms with Crippen LogP contribution in [0.3, 0.4) is 0 Å². The Morgan fingerprint density at radius 1 is 1.00 bits per heavy atom. The van der Waals surface area contributed by atoms with Crippen LogP contribution in [0.4, 0.5) is 0 Å². The fraction of sp³-hybridized carbons (Fsp3) is 0.889. The van der Waals surface area contributed by atoms with Crippen LogP contribution in [-0.4, -0.2) is 23.9 Å². The smallest absolute Gasteiger partial charge is 0.0815 e. The zero-order chi connectivity index (χ0) is 15.0. The molecule has 4 unspecified atom stereocenters. The van der Waals surface area contributed by atoms with Gasteiger partial charge in [0.25, 0.3) is 0 Å². The molecule has 0 fully saturated rings. The molecule has 0 amide bonds. The Kier molecular flexibility index (Phi) is 8.47. The van der Waals surface area contributed by atoms with Gasteiger partial charge in [0.15, 0.2) is 0 Å². The van der Waals surface area contributed by atoms with E-state index in [0.29, 0.717) is 11.8 Å². The van der Waals surface area contributed by atoms with Crippen LogP contribution in [0, 0.1) is 11.8 Å². The SMILES string of the molecule is CCCCCCOC1C(CCCC)=CC(O)C(C)C1C. The van der Waals surface area contributed by atoms with Gasteiger partial charge in [0, 0.05) is 6.61 Å². The molecule has 1 aliphatic rings. The molecule has 2 heteroatoms. The van der Waals surface area contributed by atoms with Crippen LogP contribution in [0.2, 0.25) is 0 Å². The summed E-state index contributed by atoms with van der Waals surface area (Å²) in [6.45, 7) is 9.67. The van der Waals surface area contributed by atoms with Crippen molar-refractivity contribution in [3.8, 4) is 0 Å². The average Bonchev–Trinajstić information content (AvgIpc) is 2.44. The van der Waals surface area contributed by atoms with Crippen molar-refractivity contribution in [2.45, 2.75) is 84.8 Å². The molecular formula is C18H34O2. The van der Waals surface area contributed by atoms with Crippen LogP contribution >= 0.6 is 0 Å². The number of aliphatic hydroxyl groups is 1. The summed E-state index contributed by atoms with van der Waals surface area (Å²) in [5.74, 6) is 0.703. The zero-order valence-electron chi connectivity index (χ0n) is 13.9. The van der Waals surface area contributed by atoms with E-state index in [1.165, 1.54) is 37.7 Å². The molecule has 0 heterocycles. The standard InChI is InChI=1S/C18H34O2/c1-5-7-9-10-12-20-18-15(4)14(3)17(19)13-16(18)11-8-6-2/h13-15,17-19H,5-12H2,1-4H3. The minimum absolute atomic E-state index is 0.224. The Hall–Kier alpha value is -0.340. The van der Waals surface area contributed by atoms with Gasteiger partial charge in [0.2, 0.25) is 0 Å². The van der Waals surface area contributed by atoms with E-state index in [-0.39, 0.29) is 12.2 Å². The maximum absolute atomic E-state index is 10.1. The van der Waals surface area contributed by atoms with E-state index in [1.807, 2.05) is 0 Å². The normalized spacial score (nSPS) is 30.4. The minimum Gasteiger partial charge on any atom is -0.389 e. The number of hydrogen-bond acceptors (Lipinski definition) is 2. The van der Waals surface area contributed by atoms with E-state index < -0.39 is 0 Å². The van der Waals surface area contributed by atoms with E-state index in [4.69, 9.17) is 4.74 Å². The molecule has 20 heavy (non-hydrogen) atoms. The number of ether oxygens (including phenoxy) is 1. The molecule has 1 aliphatic carbocycles. The van der Waals surface area contributed by atoms with E-state index >= 15 is 0 Å². The first kappa shape index (κ1) is 17.7. The highest BCUT2D eigenvalue weighted by atomic mass is 16.5. The van der Waals surface area contributed by atoms with Crippen molar-refractivity contribution >= 4 is 0 Å². The van der Waals surface area contributed by atoms with Gasteiger partial charge in [-0.15, -0.1) is 0 Å².